The number of alkyl halides is 3. The molecule has 0 spiro atoms. The lowest BCUT2D eigenvalue weighted by molar-refractivity contribution is -0.0327. The van der Waals surface area contributed by atoms with Gasteiger partial charge in [-0.1, -0.05) is 0 Å². The molecule has 0 unspecified atom stereocenters. The fraction of sp³-hybridized carbons (Fsp3) is 0.571. The molecule has 0 atom stereocenters. The van der Waals surface area contributed by atoms with Crippen LogP contribution >= 0.6 is 11.8 Å². The van der Waals surface area contributed by atoms with E-state index >= 15 is 0 Å². The number of nitrogens with one attached hydrogen (secondary N) is 2. The summed E-state index contributed by atoms with van der Waals surface area (Å²) < 4.78 is 60.6. The normalized spacial score (nSPS) is 12.9. The maximum Gasteiger partial charge on any atom is 0.441 e. The predicted octanol–water partition coefficient (Wildman–Crippen LogP) is 0.433. The minimum absolute atomic E-state index is 0.0472. The molecule has 1 rings (SSSR count). The minimum Gasteiger partial charge on any atom is -0.392 e. The van der Waals surface area contributed by atoms with Crippen LogP contribution in [0.4, 0.5) is 13.2 Å². The highest BCUT2D eigenvalue weighted by Gasteiger charge is 2.28. The van der Waals surface area contributed by atoms with Crippen LogP contribution in [0.3, 0.4) is 0 Å². The number of sulfonamides is 1. The van der Waals surface area contributed by atoms with Crippen molar-refractivity contribution >= 4 is 21.8 Å². The predicted molar refractivity (Wildman–Crippen MR) is 58.2 cm³/mol. The molecule has 3 N–H and O–H groups in total. The quantitative estimate of drug-likeness (QED) is 0.663. The lowest BCUT2D eigenvalue weighted by Gasteiger charge is -2.07. The Kier molecular flexibility index (Phi) is 5.01. The van der Waals surface area contributed by atoms with E-state index < -0.39 is 27.9 Å². The Bertz CT molecular complexity index is 486. The van der Waals surface area contributed by atoms with Crippen LogP contribution in [0, 0.1) is 0 Å². The molecule has 104 valence electrons. The summed E-state index contributed by atoms with van der Waals surface area (Å²) in [5.41, 5.74) is -4.35. The van der Waals surface area contributed by atoms with Crippen LogP contribution in [-0.2, 0) is 16.6 Å². The minimum atomic E-state index is -4.39. The number of hydrogen-bond donors (Lipinski definition) is 3. The molecule has 0 bridgehead atoms. The van der Waals surface area contributed by atoms with Crippen LogP contribution in [0.1, 0.15) is 5.56 Å². The zero-order valence-electron chi connectivity index (χ0n) is 8.86. The lowest BCUT2D eigenvalue weighted by Crippen LogP contribution is -2.27. The molecule has 0 radical (unpaired) electrons. The van der Waals surface area contributed by atoms with Gasteiger partial charge in [-0.3, -0.25) is 5.10 Å². The van der Waals surface area contributed by atoms with Gasteiger partial charge in [0.1, 0.15) is 0 Å². The maximum absolute atomic E-state index is 11.8. The zero-order chi connectivity index (χ0) is 13.8. The van der Waals surface area contributed by atoms with Crippen molar-refractivity contribution in [2.75, 3.05) is 12.3 Å². The second kappa shape index (κ2) is 5.91. The van der Waals surface area contributed by atoms with Crippen molar-refractivity contribution in [3.63, 3.8) is 0 Å². The van der Waals surface area contributed by atoms with E-state index in [9.17, 15) is 21.6 Å². The summed E-state index contributed by atoms with van der Waals surface area (Å²) in [7, 11) is -3.99. The van der Waals surface area contributed by atoms with Crippen LogP contribution in [0.15, 0.2) is 11.2 Å². The number of aromatic amines is 1. The molecule has 0 aliphatic carbocycles. The van der Waals surface area contributed by atoms with Gasteiger partial charge in [-0.05, 0) is 11.8 Å². The van der Waals surface area contributed by atoms with Crippen molar-refractivity contribution in [3.8, 4) is 0 Å². The molecule has 0 saturated carbocycles. The highest BCUT2D eigenvalue weighted by Crippen LogP contribution is 2.29. The smallest absolute Gasteiger partial charge is 0.392 e. The molecule has 6 nitrogen and oxygen atoms in total. The van der Waals surface area contributed by atoms with Crippen molar-refractivity contribution in [1.82, 2.24) is 14.9 Å². The largest absolute Gasteiger partial charge is 0.441 e. The summed E-state index contributed by atoms with van der Waals surface area (Å²) in [6.45, 7) is -0.916. The summed E-state index contributed by atoms with van der Waals surface area (Å²) >= 11 is -0.321. The number of rotatable bonds is 6. The Morgan fingerprint density at radius 3 is 2.72 bits per heavy atom. The van der Waals surface area contributed by atoms with Gasteiger partial charge in [0.05, 0.1) is 12.8 Å². The van der Waals surface area contributed by atoms with Crippen LogP contribution in [0.5, 0.6) is 0 Å². The Balaban J connectivity index is 2.56. The number of aliphatic hydroxyl groups excluding tert-OH is 1. The van der Waals surface area contributed by atoms with Crippen molar-refractivity contribution in [2.24, 2.45) is 0 Å². The molecule has 0 aliphatic heterocycles. The molecule has 0 fully saturated rings. The molecule has 18 heavy (non-hydrogen) atoms. The summed E-state index contributed by atoms with van der Waals surface area (Å²) in [6.07, 6.45) is 1.12. The highest BCUT2D eigenvalue weighted by molar-refractivity contribution is 8.00. The number of nitrogens with zero attached hydrogens (tertiary/aromatic N) is 1. The van der Waals surface area contributed by atoms with E-state index in [0.29, 0.717) is 0 Å². The van der Waals surface area contributed by atoms with Gasteiger partial charge in [0.15, 0.2) is 5.03 Å². The first-order valence-corrected chi connectivity index (χ1v) is 7.06. The third-order valence-electron chi connectivity index (χ3n) is 1.78. The van der Waals surface area contributed by atoms with Gasteiger partial charge in [-0.2, -0.15) is 18.3 Å². The van der Waals surface area contributed by atoms with Gasteiger partial charge >= 0.3 is 5.51 Å². The highest BCUT2D eigenvalue weighted by atomic mass is 32.2. The van der Waals surface area contributed by atoms with Crippen molar-refractivity contribution < 1.29 is 26.7 Å². The SMILES string of the molecule is O=S(=O)(NCCSC(F)(F)F)c1[nH]ncc1CO. The third kappa shape index (κ3) is 4.48. The number of hydrogen-bond acceptors (Lipinski definition) is 5. The van der Waals surface area contributed by atoms with Crippen LogP contribution in [-0.4, -0.2) is 41.5 Å². The average molecular weight is 305 g/mol. The van der Waals surface area contributed by atoms with Gasteiger partial charge in [0, 0.05) is 17.9 Å². The second-order valence-electron chi connectivity index (χ2n) is 3.07. The molecule has 1 aromatic heterocycles. The summed E-state index contributed by atoms with van der Waals surface area (Å²) in [5.74, 6) is -0.439. The maximum atomic E-state index is 11.8. The van der Waals surface area contributed by atoms with Gasteiger partial charge in [0.2, 0.25) is 0 Å². The fourth-order valence-corrected chi connectivity index (χ4v) is 2.77. The molecule has 1 aromatic rings. The van der Waals surface area contributed by atoms with Crippen molar-refractivity contribution in [3.05, 3.63) is 11.8 Å². The van der Waals surface area contributed by atoms with Crippen LogP contribution in [0.25, 0.3) is 0 Å². The van der Waals surface area contributed by atoms with Crippen molar-refractivity contribution in [1.29, 1.82) is 0 Å². The number of halogens is 3. The fourth-order valence-electron chi connectivity index (χ4n) is 1.06. The summed E-state index contributed by atoms with van der Waals surface area (Å²) in [6, 6.07) is 0. The molecule has 0 saturated heterocycles. The van der Waals surface area contributed by atoms with Gasteiger partial charge < -0.3 is 5.11 Å². The third-order valence-corrected chi connectivity index (χ3v) is 3.99. The number of H-pyrrole nitrogens is 1. The lowest BCUT2D eigenvalue weighted by atomic mass is 10.4. The second-order valence-corrected chi connectivity index (χ2v) is 5.94. The molecular weight excluding hydrogens is 295 g/mol. The van der Waals surface area contributed by atoms with Gasteiger partial charge in [0.25, 0.3) is 10.0 Å². The Hall–Kier alpha value is -0.780. The van der Waals surface area contributed by atoms with E-state index in [1.807, 2.05) is 4.72 Å². The standard InChI is InChI=1S/C7H10F3N3O3S2/c8-7(9,10)17-2-1-12-18(15,16)6-5(4-14)3-11-13-6/h3,12,14H,1-2,4H2,(H,11,13). The number of aliphatic hydroxyl groups is 1. The number of thioether (sulfide) groups is 1. The number of aromatic nitrogens is 2. The molecule has 0 amide bonds. The first-order chi connectivity index (χ1) is 8.26. The van der Waals surface area contributed by atoms with Crippen molar-refractivity contribution in [2.45, 2.75) is 17.1 Å². The first-order valence-electron chi connectivity index (χ1n) is 4.60. The van der Waals surface area contributed by atoms with E-state index in [0.717, 1.165) is 6.20 Å². The Labute approximate surface area is 105 Å². The van der Waals surface area contributed by atoms with Gasteiger partial charge in [-0.25, -0.2) is 13.1 Å². The average Bonchev–Trinajstić information content (AvgIpc) is 2.72. The Morgan fingerprint density at radius 1 is 1.50 bits per heavy atom. The zero-order valence-corrected chi connectivity index (χ0v) is 10.5. The van der Waals surface area contributed by atoms with E-state index in [-0.39, 0.29) is 28.9 Å². The van der Waals surface area contributed by atoms with E-state index in [4.69, 9.17) is 5.11 Å². The summed E-state index contributed by atoms with van der Waals surface area (Å²) in [4.78, 5) is 0. The topological polar surface area (TPSA) is 95.1 Å². The van der Waals surface area contributed by atoms with E-state index in [1.165, 1.54) is 0 Å². The van der Waals surface area contributed by atoms with Crippen LogP contribution < -0.4 is 4.72 Å². The monoisotopic (exact) mass is 305 g/mol. The van der Waals surface area contributed by atoms with E-state index in [2.05, 4.69) is 10.2 Å². The molecule has 0 aromatic carbocycles. The molecular formula is C7H10F3N3O3S2. The first kappa shape index (κ1) is 15.3. The molecule has 0 aliphatic rings. The molecule has 11 heteroatoms. The Morgan fingerprint density at radius 2 is 2.17 bits per heavy atom. The van der Waals surface area contributed by atoms with Gasteiger partial charge in [-0.15, -0.1) is 0 Å². The van der Waals surface area contributed by atoms with Crippen LogP contribution in [0.2, 0.25) is 0 Å². The van der Waals surface area contributed by atoms with E-state index in [1.54, 1.807) is 0 Å². The summed E-state index contributed by atoms with van der Waals surface area (Å²) in [5, 5.41) is 14.1. The molecule has 1 heterocycles.